The number of benzene rings is 2. The largest absolute Gasteiger partial charge is 0.330 e. The van der Waals surface area contributed by atoms with Crippen LogP contribution in [0.3, 0.4) is 0 Å². The smallest absolute Gasteiger partial charge is 0.182 e. The van der Waals surface area contributed by atoms with Crippen LogP contribution in [0.4, 0.5) is 13.2 Å². The van der Waals surface area contributed by atoms with Crippen molar-refractivity contribution in [2.45, 2.75) is 0 Å². The lowest BCUT2D eigenvalue weighted by Crippen LogP contribution is -2.01. The van der Waals surface area contributed by atoms with Crippen molar-refractivity contribution in [1.82, 2.24) is 9.55 Å². The molecule has 0 fully saturated rings. The average Bonchev–Trinajstić information content (AvgIpc) is 2.65. The number of H-pyrrole nitrogens is 1. The molecular formula is C13H7F3N2S. The lowest BCUT2D eigenvalue weighted by atomic mass is 10.2. The third-order valence-corrected chi connectivity index (χ3v) is 3.09. The third-order valence-electron chi connectivity index (χ3n) is 2.81. The van der Waals surface area contributed by atoms with Crippen LogP contribution in [-0.4, -0.2) is 9.55 Å². The number of nitrogens with zero attached hydrogens (tertiary/aromatic N) is 1. The normalized spacial score (nSPS) is 11.1. The summed E-state index contributed by atoms with van der Waals surface area (Å²) in [6, 6.07) is 7.40. The standard InChI is InChI=1S/C13H7F3N2S/c14-7-4-5-11-10(6-7)17-13(19)18(11)12-8(15)2-1-3-9(12)16/h1-6H,(H,17,19). The van der Waals surface area contributed by atoms with Gasteiger partial charge in [0.15, 0.2) is 4.77 Å². The fourth-order valence-corrected chi connectivity index (χ4v) is 2.31. The zero-order valence-electron chi connectivity index (χ0n) is 9.45. The van der Waals surface area contributed by atoms with E-state index in [0.717, 1.165) is 12.1 Å². The molecule has 6 heteroatoms. The second-order valence-electron chi connectivity index (χ2n) is 4.00. The number of halogens is 3. The molecule has 1 heterocycles. The lowest BCUT2D eigenvalue weighted by Gasteiger charge is -2.07. The molecule has 19 heavy (non-hydrogen) atoms. The number of aromatic nitrogens is 2. The van der Waals surface area contributed by atoms with Crippen molar-refractivity contribution in [2.75, 3.05) is 0 Å². The Kier molecular flexibility index (Phi) is 2.67. The number of aromatic amines is 1. The van der Waals surface area contributed by atoms with Crippen LogP contribution in [0.15, 0.2) is 36.4 Å². The van der Waals surface area contributed by atoms with E-state index in [1.807, 2.05) is 0 Å². The maximum atomic E-state index is 13.8. The van der Waals surface area contributed by atoms with Crippen molar-refractivity contribution in [3.05, 3.63) is 58.6 Å². The van der Waals surface area contributed by atoms with Gasteiger partial charge in [0.2, 0.25) is 0 Å². The molecule has 0 aliphatic heterocycles. The highest BCUT2D eigenvalue weighted by Crippen LogP contribution is 2.24. The molecule has 2 aromatic carbocycles. The van der Waals surface area contributed by atoms with Gasteiger partial charge in [-0.2, -0.15) is 0 Å². The Hall–Kier alpha value is -2.08. The van der Waals surface area contributed by atoms with Gasteiger partial charge in [-0.15, -0.1) is 0 Å². The molecule has 1 aromatic heterocycles. The van der Waals surface area contributed by atoms with E-state index in [0.29, 0.717) is 11.0 Å². The fraction of sp³-hybridized carbons (Fsp3) is 0. The van der Waals surface area contributed by atoms with Gasteiger partial charge in [-0.3, -0.25) is 4.57 Å². The molecule has 0 unspecified atom stereocenters. The van der Waals surface area contributed by atoms with Gasteiger partial charge in [0.1, 0.15) is 23.1 Å². The number of imidazole rings is 1. The monoisotopic (exact) mass is 280 g/mol. The first-order valence-electron chi connectivity index (χ1n) is 5.42. The number of nitrogens with one attached hydrogen (secondary N) is 1. The molecule has 3 rings (SSSR count). The molecule has 0 atom stereocenters. The summed E-state index contributed by atoms with van der Waals surface area (Å²) in [6.45, 7) is 0. The third kappa shape index (κ3) is 1.84. The van der Waals surface area contributed by atoms with E-state index in [9.17, 15) is 13.2 Å². The van der Waals surface area contributed by atoms with E-state index >= 15 is 0 Å². The summed E-state index contributed by atoms with van der Waals surface area (Å²) < 4.78 is 42.1. The Morgan fingerprint density at radius 2 is 1.68 bits per heavy atom. The zero-order valence-corrected chi connectivity index (χ0v) is 10.3. The Morgan fingerprint density at radius 3 is 2.37 bits per heavy atom. The van der Waals surface area contributed by atoms with Crippen LogP contribution in [0.5, 0.6) is 0 Å². The van der Waals surface area contributed by atoms with Crippen LogP contribution in [0.2, 0.25) is 0 Å². The molecular weight excluding hydrogens is 273 g/mol. The van der Waals surface area contributed by atoms with Crippen LogP contribution < -0.4 is 0 Å². The second kappa shape index (κ2) is 4.24. The summed E-state index contributed by atoms with van der Waals surface area (Å²) in [5, 5.41) is 0. The highest BCUT2D eigenvalue weighted by Gasteiger charge is 2.15. The van der Waals surface area contributed by atoms with E-state index in [-0.39, 0.29) is 10.5 Å². The summed E-state index contributed by atoms with van der Waals surface area (Å²) in [6.07, 6.45) is 0. The molecule has 0 aliphatic carbocycles. The van der Waals surface area contributed by atoms with E-state index < -0.39 is 17.5 Å². The van der Waals surface area contributed by atoms with E-state index in [2.05, 4.69) is 4.98 Å². The number of rotatable bonds is 1. The predicted octanol–water partition coefficient (Wildman–Crippen LogP) is 4.11. The molecule has 1 N–H and O–H groups in total. The maximum Gasteiger partial charge on any atom is 0.182 e. The van der Waals surface area contributed by atoms with Crippen molar-refractivity contribution < 1.29 is 13.2 Å². The van der Waals surface area contributed by atoms with Gasteiger partial charge in [0.25, 0.3) is 0 Å². The summed E-state index contributed by atoms with van der Waals surface area (Å²) >= 11 is 5.05. The van der Waals surface area contributed by atoms with Gasteiger partial charge in [0, 0.05) is 0 Å². The number of hydrogen-bond acceptors (Lipinski definition) is 1. The van der Waals surface area contributed by atoms with Crippen molar-refractivity contribution in [2.24, 2.45) is 0 Å². The van der Waals surface area contributed by atoms with Gasteiger partial charge >= 0.3 is 0 Å². The SMILES string of the molecule is Fc1ccc2c(c1)[nH]c(=S)n2-c1c(F)cccc1F. The topological polar surface area (TPSA) is 20.7 Å². The lowest BCUT2D eigenvalue weighted by molar-refractivity contribution is 0.570. The van der Waals surface area contributed by atoms with Crippen molar-refractivity contribution in [3.8, 4) is 5.69 Å². The number of para-hydroxylation sites is 1. The predicted molar refractivity (Wildman–Crippen MR) is 68.3 cm³/mol. The summed E-state index contributed by atoms with van der Waals surface area (Å²) in [5.41, 5.74) is 0.522. The molecule has 0 amide bonds. The molecule has 96 valence electrons. The van der Waals surface area contributed by atoms with Crippen LogP contribution in [0.1, 0.15) is 0 Å². The molecule has 2 nitrogen and oxygen atoms in total. The van der Waals surface area contributed by atoms with Gasteiger partial charge in [-0.05, 0) is 42.5 Å². The van der Waals surface area contributed by atoms with Crippen LogP contribution >= 0.6 is 12.2 Å². The molecule has 3 aromatic rings. The Balaban J connectivity index is 2.43. The molecule has 0 saturated carbocycles. The quantitative estimate of drug-likeness (QED) is 0.665. The van der Waals surface area contributed by atoms with Gasteiger partial charge < -0.3 is 4.98 Å². The van der Waals surface area contributed by atoms with Gasteiger partial charge in [0.05, 0.1) is 11.0 Å². The molecule has 0 bridgehead atoms. The van der Waals surface area contributed by atoms with Crippen LogP contribution in [0, 0.1) is 22.2 Å². The van der Waals surface area contributed by atoms with Crippen molar-refractivity contribution in [1.29, 1.82) is 0 Å². The zero-order chi connectivity index (χ0) is 13.6. The van der Waals surface area contributed by atoms with E-state index in [4.69, 9.17) is 12.2 Å². The first-order chi connectivity index (χ1) is 9.08. The van der Waals surface area contributed by atoms with E-state index in [1.165, 1.54) is 28.8 Å². The van der Waals surface area contributed by atoms with Crippen molar-refractivity contribution >= 4 is 23.3 Å². The molecule has 0 saturated heterocycles. The minimum absolute atomic E-state index is 0.101. The highest BCUT2D eigenvalue weighted by molar-refractivity contribution is 7.71. The number of fused-ring (bicyclic) bond motifs is 1. The summed E-state index contributed by atoms with van der Waals surface area (Å²) in [7, 11) is 0. The Morgan fingerprint density at radius 1 is 1.00 bits per heavy atom. The van der Waals surface area contributed by atoms with E-state index in [1.54, 1.807) is 0 Å². The maximum absolute atomic E-state index is 13.8. The fourth-order valence-electron chi connectivity index (χ4n) is 2.01. The van der Waals surface area contributed by atoms with Crippen LogP contribution in [-0.2, 0) is 0 Å². The Bertz CT molecular complexity index is 815. The molecule has 0 spiro atoms. The average molecular weight is 280 g/mol. The van der Waals surface area contributed by atoms with Gasteiger partial charge in [-0.25, -0.2) is 13.2 Å². The van der Waals surface area contributed by atoms with Crippen molar-refractivity contribution in [3.63, 3.8) is 0 Å². The van der Waals surface area contributed by atoms with Gasteiger partial charge in [-0.1, -0.05) is 6.07 Å². The first-order valence-corrected chi connectivity index (χ1v) is 5.83. The summed E-state index contributed by atoms with van der Waals surface area (Å²) in [5.74, 6) is -1.92. The second-order valence-corrected chi connectivity index (χ2v) is 4.38. The van der Waals surface area contributed by atoms with Crippen LogP contribution in [0.25, 0.3) is 16.7 Å². The Labute approximate surface area is 111 Å². The highest BCUT2D eigenvalue weighted by atomic mass is 32.1. The minimum atomic E-state index is -0.735. The minimum Gasteiger partial charge on any atom is -0.330 e. The summed E-state index contributed by atoms with van der Waals surface area (Å²) in [4.78, 5) is 2.73. The first kappa shape index (κ1) is 12.0. The number of hydrogen-bond donors (Lipinski definition) is 1. The molecule has 0 aliphatic rings. The molecule has 0 radical (unpaired) electrons.